The number of hydrogen-bond donors (Lipinski definition) is 0. The van der Waals surface area contributed by atoms with Gasteiger partial charge in [-0.25, -0.2) is 19.2 Å². The average Bonchev–Trinajstić information content (AvgIpc) is 3.00. The molecule has 0 unspecified atom stereocenters. The molecule has 0 N–H and O–H groups in total. The minimum absolute atomic E-state index is 0.0382. The van der Waals surface area contributed by atoms with Gasteiger partial charge in [-0.2, -0.15) is 8.42 Å². The summed E-state index contributed by atoms with van der Waals surface area (Å²) in [5.41, 5.74) is 0. The highest BCUT2D eigenvalue weighted by atomic mass is 32.2. The van der Waals surface area contributed by atoms with Crippen LogP contribution in [0.2, 0.25) is 0 Å². The van der Waals surface area contributed by atoms with Crippen LogP contribution >= 0.6 is 0 Å². The number of ether oxygens (including phenoxy) is 11. The third kappa shape index (κ3) is 97.2. The number of carbonyl (C=O) groups excluding carboxylic acids is 6. The van der Waals surface area contributed by atoms with Crippen molar-refractivity contribution in [1.82, 2.24) is 0 Å². The van der Waals surface area contributed by atoms with Gasteiger partial charge in [-0.3, -0.25) is 13.8 Å². The standard InChI is InChI=1S/C6H10O5.C5H8O4.C4H8O3.C3H8O2.C3H6O2.C2H6O3S.C2H6O/c1-9-3-6(8)11-4-5(7)10-2;1-4(6)3-9-5(7)8-2;1-6-3-4(5)7-2;1-4-3-5-2;1-3(4)5-2;1-5-6(2,3)4;1-3-2/h3-4H2,1-2H3;3H2,1-2H3;3H2,1-2H3;3H2,1-2H3;1-2H3;1-2H3;1-2H3. The van der Waals surface area contributed by atoms with E-state index < -0.39 is 28.2 Å². The van der Waals surface area contributed by atoms with Crippen molar-refractivity contribution in [2.75, 3.05) is 118 Å². The normalized spacial score (nSPS) is 8.57. The van der Waals surface area contributed by atoms with Crippen LogP contribution in [0.25, 0.3) is 0 Å². The summed E-state index contributed by atoms with van der Waals surface area (Å²) in [7, 11) is 12.3. The molecule has 0 saturated heterocycles. The van der Waals surface area contributed by atoms with E-state index in [1.54, 1.807) is 28.4 Å². The van der Waals surface area contributed by atoms with E-state index in [0.29, 0.717) is 6.79 Å². The van der Waals surface area contributed by atoms with E-state index in [9.17, 15) is 37.2 Å². The molecule has 0 aliphatic rings. The Hall–Kier alpha value is -3.47. The summed E-state index contributed by atoms with van der Waals surface area (Å²) in [6, 6.07) is 0. The highest BCUT2D eigenvalue weighted by Gasteiger charge is 2.05. The largest absolute Gasteiger partial charge is 0.508 e. The number of Topliss-reactive ketones (excluding diaryl/α,β-unsaturated/α-hetero) is 1. The van der Waals surface area contributed by atoms with E-state index >= 15 is 0 Å². The van der Waals surface area contributed by atoms with Gasteiger partial charge in [0.25, 0.3) is 10.1 Å². The van der Waals surface area contributed by atoms with Gasteiger partial charge in [-0.05, 0) is 6.92 Å². The van der Waals surface area contributed by atoms with Gasteiger partial charge in [0.2, 0.25) is 0 Å². The highest BCUT2D eigenvalue weighted by Crippen LogP contribution is 1.82. The SMILES string of the molecule is COC.COC(=O)OCC(C)=O.COC(C)=O.COCC(=O)OC.COCC(=O)OCC(=O)OC.COCOC.COS(C)(=O)=O. The predicted molar refractivity (Wildman–Crippen MR) is 159 cm³/mol. The lowest BCUT2D eigenvalue weighted by atomic mass is 10.5. The molecule has 0 spiro atoms. The summed E-state index contributed by atoms with van der Waals surface area (Å²) in [4.78, 5) is 60.8. The Bertz CT molecular complexity index is 827. The van der Waals surface area contributed by atoms with Crippen molar-refractivity contribution in [3.8, 4) is 0 Å². The van der Waals surface area contributed by atoms with Crippen LogP contribution in [0.1, 0.15) is 13.8 Å². The smallest absolute Gasteiger partial charge is 0.469 e. The van der Waals surface area contributed by atoms with E-state index in [-0.39, 0.29) is 44.1 Å². The molecular formula is C25H52O20S. The summed E-state index contributed by atoms with van der Waals surface area (Å²) < 4.78 is 70.8. The number of ketones is 1. The molecule has 0 aromatic rings. The average molecular weight is 705 g/mol. The second-order valence-electron chi connectivity index (χ2n) is 6.79. The van der Waals surface area contributed by atoms with Crippen LogP contribution in [-0.4, -0.2) is 162 Å². The molecule has 0 saturated carbocycles. The van der Waals surface area contributed by atoms with Gasteiger partial charge in [0.15, 0.2) is 19.0 Å². The Morgan fingerprint density at radius 2 is 0.848 bits per heavy atom. The molecule has 0 aliphatic carbocycles. The molecule has 0 atom stereocenters. The van der Waals surface area contributed by atoms with Gasteiger partial charge in [-0.15, -0.1) is 0 Å². The van der Waals surface area contributed by atoms with Crippen LogP contribution in [0.4, 0.5) is 4.79 Å². The van der Waals surface area contributed by atoms with Crippen LogP contribution in [0.15, 0.2) is 0 Å². The van der Waals surface area contributed by atoms with E-state index in [1.165, 1.54) is 56.5 Å². The first-order valence-corrected chi connectivity index (χ1v) is 13.8. The Morgan fingerprint density at radius 1 is 0.500 bits per heavy atom. The van der Waals surface area contributed by atoms with Crippen LogP contribution in [0.3, 0.4) is 0 Å². The van der Waals surface area contributed by atoms with Crippen molar-refractivity contribution < 1.29 is 93.5 Å². The Kier molecular flexibility index (Phi) is 61.2. The topological polar surface area (TPSA) is 247 Å². The molecule has 0 aromatic heterocycles. The summed E-state index contributed by atoms with van der Waals surface area (Å²) in [6.07, 6.45) is 0.165. The van der Waals surface area contributed by atoms with Crippen molar-refractivity contribution in [2.45, 2.75) is 13.8 Å². The van der Waals surface area contributed by atoms with E-state index in [2.05, 4.69) is 56.3 Å². The molecule has 20 nitrogen and oxygen atoms in total. The van der Waals surface area contributed by atoms with Gasteiger partial charge < -0.3 is 52.1 Å². The molecule has 0 radical (unpaired) electrons. The second-order valence-corrected chi connectivity index (χ2v) is 8.54. The maximum atomic E-state index is 10.5. The van der Waals surface area contributed by atoms with Crippen molar-refractivity contribution in [3.05, 3.63) is 0 Å². The van der Waals surface area contributed by atoms with Crippen molar-refractivity contribution in [2.24, 2.45) is 0 Å². The summed E-state index contributed by atoms with van der Waals surface area (Å²) in [5, 5.41) is 0. The minimum atomic E-state index is -3.16. The lowest BCUT2D eigenvalue weighted by Gasteiger charge is -2.01. The monoisotopic (exact) mass is 704 g/mol. The fraction of sp³-hybridized carbons (Fsp3) is 0.760. The van der Waals surface area contributed by atoms with Gasteiger partial charge in [-0.1, -0.05) is 0 Å². The zero-order chi connectivity index (χ0) is 38.0. The van der Waals surface area contributed by atoms with Gasteiger partial charge in [0.05, 0.1) is 41.8 Å². The van der Waals surface area contributed by atoms with Gasteiger partial charge in [0.1, 0.15) is 20.0 Å². The minimum Gasteiger partial charge on any atom is -0.469 e. The predicted octanol–water partition coefficient (Wildman–Crippen LogP) is -0.216. The Labute approximate surface area is 271 Å². The summed E-state index contributed by atoms with van der Waals surface area (Å²) >= 11 is 0. The van der Waals surface area contributed by atoms with Crippen molar-refractivity contribution >= 4 is 45.9 Å². The fourth-order valence-electron chi connectivity index (χ4n) is 0.872. The van der Waals surface area contributed by atoms with E-state index in [0.717, 1.165) is 13.4 Å². The number of rotatable bonds is 11. The van der Waals surface area contributed by atoms with Crippen LogP contribution in [0.5, 0.6) is 0 Å². The molecule has 0 rings (SSSR count). The first-order valence-electron chi connectivity index (χ1n) is 12.0. The van der Waals surface area contributed by atoms with Crippen molar-refractivity contribution in [3.63, 3.8) is 0 Å². The molecule has 0 aromatic carbocycles. The number of carbonyl (C=O) groups is 6. The zero-order valence-corrected chi connectivity index (χ0v) is 29.9. The summed E-state index contributed by atoms with van der Waals surface area (Å²) in [5.74, 6) is -1.97. The Morgan fingerprint density at radius 3 is 1.04 bits per heavy atom. The lowest BCUT2D eigenvalue weighted by Crippen LogP contribution is -2.17. The first kappa shape index (κ1) is 58.1. The third-order valence-corrected chi connectivity index (χ3v) is 3.32. The lowest BCUT2D eigenvalue weighted by molar-refractivity contribution is -0.159. The van der Waals surface area contributed by atoms with Gasteiger partial charge >= 0.3 is 30.0 Å². The molecule has 21 heteroatoms. The second kappa shape index (κ2) is 48.4. The zero-order valence-electron chi connectivity index (χ0n) is 29.1. The molecule has 0 fully saturated rings. The molecule has 46 heavy (non-hydrogen) atoms. The third-order valence-electron chi connectivity index (χ3n) is 2.72. The van der Waals surface area contributed by atoms with Crippen molar-refractivity contribution in [1.29, 1.82) is 0 Å². The number of esters is 4. The van der Waals surface area contributed by atoms with E-state index in [4.69, 9.17) is 0 Å². The highest BCUT2D eigenvalue weighted by molar-refractivity contribution is 7.85. The maximum absolute atomic E-state index is 10.5. The van der Waals surface area contributed by atoms with Gasteiger partial charge in [0, 0.05) is 49.6 Å². The molecule has 0 heterocycles. The Balaban J connectivity index is -0.0000000797. The maximum Gasteiger partial charge on any atom is 0.508 e. The van der Waals surface area contributed by atoms with Crippen LogP contribution in [0, 0.1) is 0 Å². The van der Waals surface area contributed by atoms with E-state index in [1.807, 2.05) is 0 Å². The number of methoxy groups -OCH3 is 9. The first-order chi connectivity index (χ1) is 21.3. The molecular weight excluding hydrogens is 652 g/mol. The van der Waals surface area contributed by atoms with Crippen LogP contribution in [-0.2, 0) is 90.4 Å². The molecule has 0 bridgehead atoms. The molecule has 0 aliphatic heterocycles. The number of hydrogen-bond acceptors (Lipinski definition) is 20. The molecule has 278 valence electrons. The molecule has 0 amide bonds. The quantitative estimate of drug-likeness (QED) is 0.117. The summed E-state index contributed by atoms with van der Waals surface area (Å²) in [6.45, 7) is 2.38. The fourth-order valence-corrected chi connectivity index (χ4v) is 0.872. The van der Waals surface area contributed by atoms with Crippen LogP contribution < -0.4 is 0 Å².